The van der Waals surface area contributed by atoms with Gasteiger partial charge in [0.25, 0.3) is 5.91 Å². The van der Waals surface area contributed by atoms with Crippen LogP contribution in [-0.4, -0.2) is 40.2 Å². The molecule has 2 heterocycles. The molecule has 0 aliphatic carbocycles. The molecule has 0 spiro atoms. The minimum atomic E-state index is -0.931. The quantitative estimate of drug-likeness (QED) is 0.425. The summed E-state index contributed by atoms with van der Waals surface area (Å²) in [6.07, 6.45) is 0.986. The third-order valence-corrected chi connectivity index (χ3v) is 5.61. The van der Waals surface area contributed by atoms with Crippen molar-refractivity contribution >= 4 is 44.6 Å². The van der Waals surface area contributed by atoms with Crippen molar-refractivity contribution in [1.29, 1.82) is 0 Å². The van der Waals surface area contributed by atoms with Crippen molar-refractivity contribution in [2.24, 2.45) is 7.05 Å². The molecule has 0 bridgehead atoms. The average molecular weight is 469 g/mol. The Morgan fingerprint density at radius 1 is 1.00 bits per heavy atom. The highest BCUT2D eigenvalue weighted by Crippen LogP contribution is 2.36. The van der Waals surface area contributed by atoms with Gasteiger partial charge in [-0.3, -0.25) is 9.78 Å². The number of aryl methyl sites for hydroxylation is 2. The summed E-state index contributed by atoms with van der Waals surface area (Å²) in [5, 5.41) is 8.00. The van der Waals surface area contributed by atoms with Crippen LogP contribution in [0, 0.1) is 18.6 Å². The van der Waals surface area contributed by atoms with E-state index in [1.54, 1.807) is 40.1 Å². The first kappa shape index (κ1) is 23.4. The summed E-state index contributed by atoms with van der Waals surface area (Å²) in [4.78, 5) is 28.9. The molecule has 0 fully saturated rings. The normalized spacial score (nSPS) is 11.9. The molecule has 0 aliphatic heterocycles. The van der Waals surface area contributed by atoms with Crippen LogP contribution < -0.4 is 10.6 Å². The molecule has 34 heavy (non-hydrogen) atoms. The van der Waals surface area contributed by atoms with E-state index in [0.29, 0.717) is 21.7 Å². The maximum Gasteiger partial charge on any atom is 0.407 e. The number of carbonyl (C=O) groups is 2. The summed E-state index contributed by atoms with van der Waals surface area (Å²) in [7, 11) is 1.80. The Kier molecular flexibility index (Phi) is 5.89. The van der Waals surface area contributed by atoms with Gasteiger partial charge in [-0.15, -0.1) is 0 Å². The number of hydrogen-bond acceptors (Lipinski definition) is 4. The standard InChI is InChI=1S/C25H26F2N4O3/c1-13-14-6-7-28-21(23(32)29-8-9-30-24(33)34-25(2,3)4)16(14)10-17-15-11-18(26)19(27)12-20(15)31(5)22(13)17/h6-7,10-12H,8-9H2,1-5H3,(H,29,32)(H,30,33). The first-order valence-electron chi connectivity index (χ1n) is 10.9. The van der Waals surface area contributed by atoms with E-state index in [2.05, 4.69) is 15.6 Å². The predicted octanol–water partition coefficient (Wildman–Crippen LogP) is 4.72. The number of ether oxygens (including phenoxy) is 1. The summed E-state index contributed by atoms with van der Waals surface area (Å²) in [5.41, 5.74) is 1.85. The van der Waals surface area contributed by atoms with Crippen LogP contribution in [-0.2, 0) is 11.8 Å². The van der Waals surface area contributed by atoms with E-state index in [9.17, 15) is 18.4 Å². The molecule has 2 aromatic heterocycles. The Bertz CT molecular complexity index is 1450. The molecule has 7 nitrogen and oxygen atoms in total. The van der Waals surface area contributed by atoms with Crippen LogP contribution in [0.2, 0.25) is 0 Å². The van der Waals surface area contributed by atoms with Crippen molar-refractivity contribution in [3.05, 3.63) is 53.4 Å². The second kappa shape index (κ2) is 8.55. The molecular formula is C25H26F2N4O3. The van der Waals surface area contributed by atoms with E-state index >= 15 is 0 Å². The molecule has 9 heteroatoms. The van der Waals surface area contributed by atoms with E-state index < -0.39 is 29.2 Å². The number of nitrogens with one attached hydrogen (secondary N) is 2. The fourth-order valence-corrected chi connectivity index (χ4v) is 4.20. The van der Waals surface area contributed by atoms with Crippen molar-refractivity contribution in [2.75, 3.05) is 13.1 Å². The summed E-state index contributed by atoms with van der Waals surface area (Å²) in [6.45, 7) is 7.56. The van der Waals surface area contributed by atoms with Gasteiger partial charge in [-0.05, 0) is 56.8 Å². The van der Waals surface area contributed by atoms with Crippen molar-refractivity contribution < 1.29 is 23.1 Å². The van der Waals surface area contributed by atoms with Gasteiger partial charge in [-0.1, -0.05) is 0 Å². The fraction of sp³-hybridized carbons (Fsp3) is 0.320. The van der Waals surface area contributed by atoms with Gasteiger partial charge in [-0.2, -0.15) is 0 Å². The first-order valence-corrected chi connectivity index (χ1v) is 10.9. The van der Waals surface area contributed by atoms with Gasteiger partial charge >= 0.3 is 6.09 Å². The number of carbonyl (C=O) groups excluding carboxylic acids is 2. The second-order valence-electron chi connectivity index (χ2n) is 9.18. The van der Waals surface area contributed by atoms with Crippen LogP contribution in [0.4, 0.5) is 13.6 Å². The number of fused-ring (bicyclic) bond motifs is 4. The Hall–Kier alpha value is -3.75. The van der Waals surface area contributed by atoms with Crippen LogP contribution in [0.1, 0.15) is 36.8 Å². The molecule has 0 aliphatic rings. The van der Waals surface area contributed by atoms with Crippen LogP contribution >= 0.6 is 0 Å². The maximum absolute atomic E-state index is 14.0. The lowest BCUT2D eigenvalue weighted by molar-refractivity contribution is 0.0526. The molecule has 2 amide bonds. The Balaban J connectivity index is 1.66. The topological polar surface area (TPSA) is 85.2 Å². The number of alkyl carbamates (subject to hydrolysis) is 1. The number of nitrogens with zero attached hydrogens (tertiary/aromatic N) is 2. The third kappa shape index (κ3) is 4.25. The van der Waals surface area contributed by atoms with Crippen molar-refractivity contribution in [2.45, 2.75) is 33.3 Å². The molecule has 0 unspecified atom stereocenters. The van der Waals surface area contributed by atoms with Gasteiger partial charge in [0.15, 0.2) is 11.6 Å². The monoisotopic (exact) mass is 468 g/mol. The summed E-state index contributed by atoms with van der Waals surface area (Å²) >= 11 is 0. The lowest BCUT2D eigenvalue weighted by Gasteiger charge is -2.19. The molecule has 4 rings (SSSR count). The van der Waals surface area contributed by atoms with E-state index in [-0.39, 0.29) is 18.8 Å². The maximum atomic E-state index is 14.0. The summed E-state index contributed by atoms with van der Waals surface area (Å²) < 4.78 is 34.9. The highest BCUT2D eigenvalue weighted by atomic mass is 19.2. The van der Waals surface area contributed by atoms with Crippen molar-refractivity contribution in [1.82, 2.24) is 20.2 Å². The van der Waals surface area contributed by atoms with Gasteiger partial charge in [0.05, 0.1) is 11.0 Å². The number of aromatic nitrogens is 2. The number of benzene rings is 2. The molecule has 2 N–H and O–H groups in total. The zero-order chi connectivity index (χ0) is 24.8. The smallest absolute Gasteiger partial charge is 0.407 e. The number of rotatable bonds is 4. The van der Waals surface area contributed by atoms with Crippen molar-refractivity contribution in [3.8, 4) is 0 Å². The fourth-order valence-electron chi connectivity index (χ4n) is 4.20. The number of halogens is 2. The minimum absolute atomic E-state index is 0.177. The minimum Gasteiger partial charge on any atom is -0.444 e. The van der Waals surface area contributed by atoms with Crippen LogP contribution in [0.25, 0.3) is 32.6 Å². The van der Waals surface area contributed by atoms with Gasteiger partial charge in [0.1, 0.15) is 11.3 Å². The zero-order valence-electron chi connectivity index (χ0n) is 19.7. The molecule has 0 atom stereocenters. The third-order valence-electron chi connectivity index (χ3n) is 5.61. The van der Waals surface area contributed by atoms with Crippen LogP contribution in [0.5, 0.6) is 0 Å². The largest absolute Gasteiger partial charge is 0.444 e. The molecule has 0 saturated carbocycles. The molecule has 2 aromatic carbocycles. The van der Waals surface area contributed by atoms with E-state index in [1.807, 2.05) is 17.6 Å². The van der Waals surface area contributed by atoms with E-state index in [0.717, 1.165) is 16.5 Å². The Morgan fingerprint density at radius 3 is 2.38 bits per heavy atom. The van der Waals surface area contributed by atoms with Gasteiger partial charge in [-0.25, -0.2) is 13.6 Å². The first-order chi connectivity index (χ1) is 16.0. The summed E-state index contributed by atoms with van der Waals surface area (Å²) in [6, 6.07) is 5.96. The lowest BCUT2D eigenvalue weighted by Crippen LogP contribution is -2.38. The highest BCUT2D eigenvalue weighted by Gasteiger charge is 2.20. The van der Waals surface area contributed by atoms with E-state index in [1.165, 1.54) is 12.1 Å². The van der Waals surface area contributed by atoms with Gasteiger partial charge in [0, 0.05) is 48.6 Å². The van der Waals surface area contributed by atoms with Gasteiger partial charge < -0.3 is 19.9 Å². The lowest BCUT2D eigenvalue weighted by atomic mass is 10.00. The molecule has 178 valence electrons. The van der Waals surface area contributed by atoms with Crippen molar-refractivity contribution in [3.63, 3.8) is 0 Å². The number of pyridine rings is 1. The van der Waals surface area contributed by atoms with Crippen LogP contribution in [0.3, 0.4) is 0 Å². The molecule has 4 aromatic rings. The Labute approximate surface area is 195 Å². The Morgan fingerprint density at radius 2 is 1.68 bits per heavy atom. The molecular weight excluding hydrogens is 442 g/mol. The van der Waals surface area contributed by atoms with Gasteiger partial charge in [0.2, 0.25) is 0 Å². The molecule has 0 saturated heterocycles. The predicted molar refractivity (Wildman–Crippen MR) is 127 cm³/mol. The number of hydrogen-bond donors (Lipinski definition) is 2. The SMILES string of the molecule is Cc1c2ccnc(C(=O)NCCNC(=O)OC(C)(C)C)c2cc2c3cc(F)c(F)cc3n(C)c12. The highest BCUT2D eigenvalue weighted by molar-refractivity contribution is 6.17. The second-order valence-corrected chi connectivity index (χ2v) is 9.18. The molecule has 0 radical (unpaired) electrons. The number of amides is 2. The average Bonchev–Trinajstić information content (AvgIpc) is 3.01. The van der Waals surface area contributed by atoms with E-state index in [4.69, 9.17) is 4.74 Å². The zero-order valence-corrected chi connectivity index (χ0v) is 19.7. The summed E-state index contributed by atoms with van der Waals surface area (Å²) in [5.74, 6) is -2.26. The van der Waals surface area contributed by atoms with Crippen LogP contribution in [0.15, 0.2) is 30.5 Å².